The van der Waals surface area contributed by atoms with E-state index in [-0.39, 0.29) is 17.2 Å². The van der Waals surface area contributed by atoms with Crippen LogP contribution >= 0.6 is 23.5 Å². The summed E-state index contributed by atoms with van der Waals surface area (Å²) in [5.41, 5.74) is 1.75. The fourth-order valence-electron chi connectivity index (χ4n) is 3.35. The standard InChI is InChI=1S/C26H23N3O3S2/c1-3-15-33-23-14-7-6-13-22(23)27-24(30)17-34-26-28-21-12-5-4-11-20(21)25(31)29(26)18-9-8-10-19(16-18)32-2/h3-14,16H,1,15,17H2,2H3,(H,27,30). The number of aromatic nitrogens is 2. The number of ether oxygens (including phenoxy) is 1. The number of rotatable bonds is 9. The van der Waals surface area contributed by atoms with Gasteiger partial charge in [-0.1, -0.05) is 48.2 Å². The zero-order valence-electron chi connectivity index (χ0n) is 18.6. The maximum atomic E-state index is 13.4. The average Bonchev–Trinajstić information content (AvgIpc) is 2.87. The van der Waals surface area contributed by atoms with E-state index >= 15 is 0 Å². The molecule has 3 aromatic carbocycles. The van der Waals surface area contributed by atoms with Gasteiger partial charge in [-0.3, -0.25) is 14.2 Å². The largest absolute Gasteiger partial charge is 0.497 e. The molecule has 1 N–H and O–H groups in total. The van der Waals surface area contributed by atoms with Crippen LogP contribution in [0.2, 0.25) is 0 Å². The first-order valence-electron chi connectivity index (χ1n) is 10.5. The Hall–Kier alpha value is -3.49. The normalized spacial score (nSPS) is 10.7. The zero-order chi connectivity index (χ0) is 23.9. The molecule has 0 unspecified atom stereocenters. The maximum absolute atomic E-state index is 13.4. The van der Waals surface area contributed by atoms with Crippen LogP contribution in [0.25, 0.3) is 16.6 Å². The first-order chi connectivity index (χ1) is 16.6. The Labute approximate surface area is 206 Å². The highest BCUT2D eigenvalue weighted by atomic mass is 32.2. The summed E-state index contributed by atoms with van der Waals surface area (Å²) < 4.78 is 6.86. The van der Waals surface area contributed by atoms with Crippen molar-refractivity contribution in [1.29, 1.82) is 0 Å². The van der Waals surface area contributed by atoms with Crippen molar-refractivity contribution in [2.24, 2.45) is 0 Å². The molecule has 6 nitrogen and oxygen atoms in total. The van der Waals surface area contributed by atoms with Crippen LogP contribution in [0, 0.1) is 0 Å². The van der Waals surface area contributed by atoms with Gasteiger partial charge in [0.1, 0.15) is 5.75 Å². The highest BCUT2D eigenvalue weighted by molar-refractivity contribution is 8.00. The number of carbonyl (C=O) groups excluding carboxylic acids is 1. The molecule has 0 bridgehead atoms. The van der Waals surface area contributed by atoms with Crippen LogP contribution in [0.4, 0.5) is 5.69 Å². The van der Waals surface area contributed by atoms with Crippen molar-refractivity contribution in [2.75, 3.05) is 23.9 Å². The third-order valence-corrected chi connectivity index (χ3v) is 6.91. The molecule has 34 heavy (non-hydrogen) atoms. The maximum Gasteiger partial charge on any atom is 0.266 e. The minimum atomic E-state index is -0.201. The topological polar surface area (TPSA) is 73.2 Å². The average molecular weight is 490 g/mol. The summed E-state index contributed by atoms with van der Waals surface area (Å²) in [5.74, 6) is 1.28. The van der Waals surface area contributed by atoms with E-state index in [9.17, 15) is 9.59 Å². The van der Waals surface area contributed by atoms with Crippen molar-refractivity contribution >= 4 is 46.0 Å². The molecule has 1 aromatic heterocycles. The van der Waals surface area contributed by atoms with Gasteiger partial charge in [-0.25, -0.2) is 4.98 Å². The van der Waals surface area contributed by atoms with E-state index in [2.05, 4.69) is 11.9 Å². The van der Waals surface area contributed by atoms with Crippen LogP contribution in [0.15, 0.2) is 100 Å². The van der Waals surface area contributed by atoms with Crippen molar-refractivity contribution in [3.63, 3.8) is 0 Å². The number of hydrogen-bond donors (Lipinski definition) is 1. The number of thioether (sulfide) groups is 2. The lowest BCUT2D eigenvalue weighted by Gasteiger charge is -2.14. The second-order valence-electron chi connectivity index (χ2n) is 7.19. The Bertz CT molecular complexity index is 1400. The molecule has 0 aliphatic rings. The van der Waals surface area contributed by atoms with E-state index in [1.165, 1.54) is 16.3 Å². The predicted octanol–water partition coefficient (Wildman–Crippen LogP) is 5.40. The quantitative estimate of drug-likeness (QED) is 0.193. The summed E-state index contributed by atoms with van der Waals surface area (Å²) in [6, 6.07) is 22.0. The first kappa shape index (κ1) is 23.7. The molecule has 0 atom stereocenters. The van der Waals surface area contributed by atoms with Crippen molar-refractivity contribution in [2.45, 2.75) is 10.1 Å². The highest BCUT2D eigenvalue weighted by Crippen LogP contribution is 2.28. The van der Waals surface area contributed by atoms with Crippen molar-refractivity contribution < 1.29 is 9.53 Å². The summed E-state index contributed by atoms with van der Waals surface area (Å²) in [5, 5.41) is 3.91. The molecule has 0 radical (unpaired) electrons. The van der Waals surface area contributed by atoms with Gasteiger partial charge >= 0.3 is 0 Å². The van der Waals surface area contributed by atoms with Crippen LogP contribution in [-0.2, 0) is 4.79 Å². The molecule has 0 fully saturated rings. The smallest absolute Gasteiger partial charge is 0.266 e. The number of methoxy groups -OCH3 is 1. The minimum absolute atomic E-state index is 0.0925. The number of anilines is 1. The van der Waals surface area contributed by atoms with E-state index in [1.807, 2.05) is 60.7 Å². The monoisotopic (exact) mass is 489 g/mol. The first-order valence-corrected chi connectivity index (χ1v) is 12.5. The van der Waals surface area contributed by atoms with E-state index in [4.69, 9.17) is 9.72 Å². The minimum Gasteiger partial charge on any atom is -0.497 e. The second kappa shape index (κ2) is 11.1. The Morgan fingerprint density at radius 2 is 1.88 bits per heavy atom. The Balaban J connectivity index is 1.63. The summed E-state index contributed by atoms with van der Waals surface area (Å²) >= 11 is 2.81. The summed E-state index contributed by atoms with van der Waals surface area (Å²) in [4.78, 5) is 31.9. The molecular formula is C26H23N3O3S2. The number of para-hydroxylation sites is 2. The molecule has 0 aliphatic carbocycles. The fraction of sp³-hybridized carbons (Fsp3) is 0.115. The van der Waals surface area contributed by atoms with Gasteiger partial charge < -0.3 is 10.1 Å². The Morgan fingerprint density at radius 1 is 1.09 bits per heavy atom. The number of nitrogens with zero attached hydrogens (tertiary/aromatic N) is 2. The van der Waals surface area contributed by atoms with Gasteiger partial charge in [-0.2, -0.15) is 0 Å². The highest BCUT2D eigenvalue weighted by Gasteiger charge is 2.16. The lowest BCUT2D eigenvalue weighted by atomic mass is 10.2. The number of hydrogen-bond acceptors (Lipinski definition) is 6. The van der Waals surface area contributed by atoms with Gasteiger partial charge in [0.15, 0.2) is 5.16 Å². The number of benzene rings is 3. The molecule has 0 saturated heterocycles. The molecule has 1 amide bonds. The molecule has 8 heteroatoms. The molecular weight excluding hydrogens is 466 g/mol. The van der Waals surface area contributed by atoms with Gasteiger partial charge in [0.2, 0.25) is 5.91 Å². The van der Waals surface area contributed by atoms with Crippen molar-refractivity contribution in [1.82, 2.24) is 9.55 Å². The van der Waals surface area contributed by atoms with E-state index in [0.29, 0.717) is 27.5 Å². The zero-order valence-corrected chi connectivity index (χ0v) is 20.2. The van der Waals surface area contributed by atoms with E-state index < -0.39 is 0 Å². The molecule has 4 aromatic rings. The lowest BCUT2D eigenvalue weighted by Crippen LogP contribution is -2.23. The van der Waals surface area contributed by atoms with Crippen molar-refractivity contribution in [3.8, 4) is 11.4 Å². The van der Waals surface area contributed by atoms with Gasteiger partial charge in [0.25, 0.3) is 5.56 Å². The van der Waals surface area contributed by atoms with Crippen LogP contribution in [0.5, 0.6) is 5.75 Å². The molecule has 0 saturated carbocycles. The second-order valence-corrected chi connectivity index (χ2v) is 9.19. The van der Waals surface area contributed by atoms with Gasteiger partial charge in [0, 0.05) is 16.7 Å². The number of fused-ring (bicyclic) bond motifs is 1. The molecule has 1 heterocycles. The van der Waals surface area contributed by atoms with Crippen LogP contribution in [-0.4, -0.2) is 34.1 Å². The summed E-state index contributed by atoms with van der Waals surface area (Å²) in [6.45, 7) is 3.75. The SMILES string of the molecule is C=CCSc1ccccc1NC(=O)CSc1nc2ccccc2c(=O)n1-c1cccc(OC)c1. The molecule has 4 rings (SSSR count). The van der Waals surface area contributed by atoms with E-state index in [1.54, 1.807) is 37.1 Å². The lowest BCUT2D eigenvalue weighted by molar-refractivity contribution is -0.113. The third-order valence-electron chi connectivity index (χ3n) is 4.91. The van der Waals surface area contributed by atoms with Gasteiger partial charge in [-0.15, -0.1) is 18.3 Å². The van der Waals surface area contributed by atoms with Gasteiger partial charge in [-0.05, 0) is 36.4 Å². The summed E-state index contributed by atoms with van der Waals surface area (Å²) in [6.07, 6.45) is 1.82. The van der Waals surface area contributed by atoms with Crippen LogP contribution in [0.3, 0.4) is 0 Å². The molecule has 172 valence electrons. The van der Waals surface area contributed by atoms with E-state index in [0.717, 1.165) is 16.3 Å². The Morgan fingerprint density at radius 3 is 2.71 bits per heavy atom. The Kier molecular flexibility index (Phi) is 7.72. The summed E-state index contributed by atoms with van der Waals surface area (Å²) in [7, 11) is 1.58. The third kappa shape index (κ3) is 5.35. The van der Waals surface area contributed by atoms with Crippen LogP contribution in [0.1, 0.15) is 0 Å². The number of amides is 1. The number of nitrogens with one attached hydrogen (secondary N) is 1. The van der Waals surface area contributed by atoms with Crippen molar-refractivity contribution in [3.05, 3.63) is 95.8 Å². The number of carbonyl (C=O) groups is 1. The molecule has 0 spiro atoms. The predicted molar refractivity (Wildman–Crippen MR) is 141 cm³/mol. The van der Waals surface area contributed by atoms with Gasteiger partial charge in [0.05, 0.1) is 35.1 Å². The molecule has 0 aliphatic heterocycles. The van der Waals surface area contributed by atoms with Crippen LogP contribution < -0.4 is 15.6 Å². The fourth-order valence-corrected chi connectivity index (χ4v) is 4.91.